The van der Waals surface area contributed by atoms with Crippen LogP contribution in [0.25, 0.3) is 11.1 Å². The first kappa shape index (κ1) is 34.3. The number of fused-ring (bicyclic) bond motifs is 3. The van der Waals surface area contributed by atoms with Crippen LogP contribution in [0.2, 0.25) is 0 Å². The van der Waals surface area contributed by atoms with Crippen molar-refractivity contribution in [2.45, 2.75) is 115 Å². The number of hydrogen-bond donors (Lipinski definition) is 2. The number of carbonyl (C=O) groups is 4. The SMILES string of the molecule is CC(C)(C)OC(=O)N1CCC[C@@H]1C(=O)N[C@@H](CCCCNC(=O)OCC1c2ccccc2-c2ccccc21)C(=O)OC1CCCCC1. The molecule has 10 heteroatoms. The molecule has 2 fully saturated rings. The summed E-state index contributed by atoms with van der Waals surface area (Å²) in [6.45, 7) is 6.39. The molecular weight excluding hydrogens is 598 g/mol. The van der Waals surface area contributed by atoms with Crippen LogP contribution in [-0.2, 0) is 23.8 Å². The van der Waals surface area contributed by atoms with Crippen LogP contribution in [-0.4, -0.2) is 72.4 Å². The number of likely N-dealkylation sites (tertiary alicyclic amines) is 1. The van der Waals surface area contributed by atoms with E-state index in [4.69, 9.17) is 14.2 Å². The fourth-order valence-electron chi connectivity index (χ4n) is 6.84. The standard InChI is InChI=1S/C37H49N3O7/c1-37(2,3)47-36(44)40-23-13-21-32(40)33(41)39-31(34(42)46-25-14-5-4-6-15-25)20-11-12-22-38-35(43)45-24-30-28-18-9-7-16-26(28)27-17-8-10-19-29(27)30/h7-10,16-19,25,30-32H,4-6,11-15,20-24H2,1-3H3,(H,38,43)(H,39,41)/t31-,32+/m0/s1. The first-order valence-electron chi connectivity index (χ1n) is 17.2. The van der Waals surface area contributed by atoms with Gasteiger partial charge in [-0.2, -0.15) is 0 Å². The summed E-state index contributed by atoms with van der Waals surface area (Å²) in [5.41, 5.74) is 3.97. The number of carbonyl (C=O) groups excluding carboxylic acids is 4. The van der Waals surface area contributed by atoms with Crippen LogP contribution in [0, 0.1) is 0 Å². The van der Waals surface area contributed by atoms with Crippen LogP contribution >= 0.6 is 0 Å². The van der Waals surface area contributed by atoms with Crippen LogP contribution in [0.5, 0.6) is 0 Å². The molecule has 2 aliphatic carbocycles. The lowest BCUT2D eigenvalue weighted by molar-refractivity contribution is -0.155. The molecule has 1 heterocycles. The van der Waals surface area contributed by atoms with E-state index < -0.39 is 35.8 Å². The van der Waals surface area contributed by atoms with Gasteiger partial charge in [0.05, 0.1) is 0 Å². The number of amides is 3. The number of esters is 1. The number of alkyl carbamates (subject to hydrolysis) is 1. The highest BCUT2D eigenvalue weighted by molar-refractivity contribution is 5.90. The maximum absolute atomic E-state index is 13.4. The summed E-state index contributed by atoms with van der Waals surface area (Å²) in [7, 11) is 0. The highest BCUT2D eigenvalue weighted by atomic mass is 16.6. The zero-order valence-corrected chi connectivity index (χ0v) is 27.9. The van der Waals surface area contributed by atoms with E-state index in [-0.39, 0.29) is 24.5 Å². The molecule has 0 spiro atoms. The third-order valence-corrected chi connectivity index (χ3v) is 9.15. The molecule has 2 N–H and O–H groups in total. The van der Waals surface area contributed by atoms with Gasteiger partial charge in [0.15, 0.2) is 0 Å². The average molecular weight is 648 g/mol. The monoisotopic (exact) mass is 647 g/mol. The zero-order valence-electron chi connectivity index (χ0n) is 27.9. The minimum absolute atomic E-state index is 0.0150. The Morgan fingerprint density at radius 2 is 1.53 bits per heavy atom. The van der Waals surface area contributed by atoms with Crippen molar-refractivity contribution in [1.29, 1.82) is 0 Å². The zero-order chi connectivity index (χ0) is 33.4. The van der Waals surface area contributed by atoms with Gasteiger partial charge in [-0.25, -0.2) is 14.4 Å². The van der Waals surface area contributed by atoms with E-state index in [0.29, 0.717) is 45.2 Å². The molecular formula is C37H49N3O7. The Morgan fingerprint density at radius 1 is 0.872 bits per heavy atom. The minimum atomic E-state index is -0.847. The number of ether oxygens (including phenoxy) is 3. The number of unbranched alkanes of at least 4 members (excludes halogenated alkanes) is 1. The predicted molar refractivity (Wildman–Crippen MR) is 178 cm³/mol. The fraction of sp³-hybridized carbons (Fsp3) is 0.568. The molecule has 5 rings (SSSR count). The van der Waals surface area contributed by atoms with E-state index in [9.17, 15) is 19.2 Å². The van der Waals surface area contributed by atoms with Crippen LogP contribution in [0.3, 0.4) is 0 Å². The number of nitrogens with zero attached hydrogens (tertiary/aromatic N) is 1. The second-order valence-electron chi connectivity index (χ2n) is 13.8. The molecule has 0 aromatic heterocycles. The molecule has 254 valence electrons. The Morgan fingerprint density at radius 3 is 2.19 bits per heavy atom. The average Bonchev–Trinajstić information content (AvgIpc) is 3.66. The molecule has 0 radical (unpaired) electrons. The van der Waals surface area contributed by atoms with E-state index in [1.165, 1.54) is 16.0 Å². The van der Waals surface area contributed by atoms with Gasteiger partial charge in [-0.1, -0.05) is 55.0 Å². The molecule has 0 unspecified atom stereocenters. The molecule has 47 heavy (non-hydrogen) atoms. The van der Waals surface area contributed by atoms with Gasteiger partial charge in [-0.3, -0.25) is 9.69 Å². The Bertz CT molecular complexity index is 1370. The number of benzene rings is 2. The van der Waals surface area contributed by atoms with Gasteiger partial charge in [0, 0.05) is 19.0 Å². The van der Waals surface area contributed by atoms with E-state index >= 15 is 0 Å². The lowest BCUT2D eigenvalue weighted by atomic mass is 9.97. The first-order chi connectivity index (χ1) is 22.6. The quantitative estimate of drug-likeness (QED) is 0.163. The van der Waals surface area contributed by atoms with Crippen LogP contribution in [0.15, 0.2) is 48.5 Å². The third kappa shape index (κ3) is 9.05. The first-order valence-corrected chi connectivity index (χ1v) is 17.2. The second kappa shape index (κ2) is 15.7. The smallest absolute Gasteiger partial charge is 0.410 e. The van der Waals surface area contributed by atoms with Crippen LogP contribution < -0.4 is 10.6 Å². The highest BCUT2D eigenvalue weighted by Gasteiger charge is 2.38. The van der Waals surface area contributed by atoms with Gasteiger partial charge in [-0.15, -0.1) is 0 Å². The fourth-order valence-corrected chi connectivity index (χ4v) is 6.84. The van der Waals surface area contributed by atoms with Crippen molar-refractivity contribution in [3.05, 3.63) is 59.7 Å². The summed E-state index contributed by atoms with van der Waals surface area (Å²) in [6, 6.07) is 14.8. The molecule has 10 nitrogen and oxygen atoms in total. The summed E-state index contributed by atoms with van der Waals surface area (Å²) < 4.78 is 17.0. The summed E-state index contributed by atoms with van der Waals surface area (Å²) in [5, 5.41) is 5.71. The van der Waals surface area contributed by atoms with Crippen LogP contribution in [0.4, 0.5) is 9.59 Å². The summed E-state index contributed by atoms with van der Waals surface area (Å²) in [6.07, 6.45) is 6.33. The predicted octanol–water partition coefficient (Wildman–Crippen LogP) is 6.46. The summed E-state index contributed by atoms with van der Waals surface area (Å²) >= 11 is 0. The topological polar surface area (TPSA) is 123 Å². The van der Waals surface area contributed by atoms with Crippen molar-refractivity contribution in [2.24, 2.45) is 0 Å². The Labute approximate surface area is 277 Å². The van der Waals surface area contributed by atoms with Gasteiger partial charge >= 0.3 is 18.2 Å². The molecule has 2 aromatic carbocycles. The van der Waals surface area contributed by atoms with E-state index in [0.717, 1.165) is 43.2 Å². The molecule has 3 amide bonds. The second-order valence-corrected chi connectivity index (χ2v) is 13.8. The van der Waals surface area contributed by atoms with Gasteiger partial charge in [0.25, 0.3) is 0 Å². The lowest BCUT2D eigenvalue weighted by Crippen LogP contribution is -2.52. The lowest BCUT2D eigenvalue weighted by Gasteiger charge is -2.29. The van der Waals surface area contributed by atoms with Crippen molar-refractivity contribution >= 4 is 24.1 Å². The molecule has 2 atom stereocenters. The number of nitrogens with one attached hydrogen (secondary N) is 2. The molecule has 1 saturated heterocycles. The largest absolute Gasteiger partial charge is 0.461 e. The highest BCUT2D eigenvalue weighted by Crippen LogP contribution is 2.44. The normalized spacial score (nSPS) is 18.5. The summed E-state index contributed by atoms with van der Waals surface area (Å²) in [4.78, 5) is 53.5. The number of rotatable bonds is 11. The molecule has 3 aliphatic rings. The van der Waals surface area contributed by atoms with Gasteiger partial charge < -0.3 is 24.8 Å². The van der Waals surface area contributed by atoms with Gasteiger partial charge in [0.2, 0.25) is 5.91 Å². The number of hydrogen-bond acceptors (Lipinski definition) is 7. The van der Waals surface area contributed by atoms with E-state index in [2.05, 4.69) is 34.9 Å². The van der Waals surface area contributed by atoms with Crippen molar-refractivity contribution in [1.82, 2.24) is 15.5 Å². The minimum Gasteiger partial charge on any atom is -0.461 e. The van der Waals surface area contributed by atoms with Crippen molar-refractivity contribution in [3.63, 3.8) is 0 Å². The van der Waals surface area contributed by atoms with E-state index in [1.807, 2.05) is 24.3 Å². The van der Waals surface area contributed by atoms with Crippen molar-refractivity contribution in [2.75, 3.05) is 19.7 Å². The maximum Gasteiger partial charge on any atom is 0.410 e. The van der Waals surface area contributed by atoms with Gasteiger partial charge in [0.1, 0.15) is 30.4 Å². The molecule has 0 bridgehead atoms. The molecule has 2 aromatic rings. The van der Waals surface area contributed by atoms with Crippen LogP contribution in [0.1, 0.15) is 102 Å². The van der Waals surface area contributed by atoms with E-state index in [1.54, 1.807) is 20.8 Å². The van der Waals surface area contributed by atoms with Crippen molar-refractivity contribution < 1.29 is 33.4 Å². The Kier molecular flexibility index (Phi) is 11.4. The third-order valence-electron chi connectivity index (χ3n) is 9.15. The molecule has 1 saturated carbocycles. The maximum atomic E-state index is 13.4. The summed E-state index contributed by atoms with van der Waals surface area (Å²) in [5.74, 6) is -0.842. The van der Waals surface area contributed by atoms with Crippen molar-refractivity contribution in [3.8, 4) is 11.1 Å². The molecule has 1 aliphatic heterocycles. The Balaban J connectivity index is 1.10. The van der Waals surface area contributed by atoms with Gasteiger partial charge in [-0.05, 0) is 101 Å². The Hall–Kier alpha value is -4.08.